The molecule has 0 spiro atoms. The Morgan fingerprint density at radius 2 is 1.90 bits per heavy atom. The van der Waals surface area contributed by atoms with E-state index < -0.39 is 0 Å². The Morgan fingerprint density at radius 1 is 1.14 bits per heavy atom. The fraction of sp³-hybridized carbons (Fsp3) is 0.125. The molecule has 0 fully saturated rings. The van der Waals surface area contributed by atoms with Crippen molar-refractivity contribution in [2.75, 3.05) is 13.2 Å². The van der Waals surface area contributed by atoms with E-state index in [1.807, 2.05) is 18.2 Å². The molecule has 0 aliphatic carbocycles. The number of nitriles is 1. The second-order valence-corrected chi connectivity index (χ2v) is 5.38. The molecule has 0 saturated carbocycles. The number of rotatable bonds is 5. The monoisotopic (exact) mass is 393 g/mol. The Kier molecular flexibility index (Phi) is 5.58. The summed E-state index contributed by atoms with van der Waals surface area (Å²) in [6, 6.07) is 16.0. The molecule has 0 atom stereocenters. The second-order valence-electron chi connectivity index (χ2n) is 4.13. The summed E-state index contributed by atoms with van der Waals surface area (Å²) in [6.45, 7) is 0.436. The van der Waals surface area contributed by atoms with Crippen LogP contribution >= 0.6 is 22.6 Å². The number of ether oxygens (including phenoxy) is 2. The summed E-state index contributed by atoms with van der Waals surface area (Å²) in [5.41, 5.74) is 1.10. The van der Waals surface area contributed by atoms with Crippen molar-refractivity contribution in [3.63, 3.8) is 0 Å². The average molecular weight is 393 g/mol. The van der Waals surface area contributed by atoms with Crippen LogP contribution in [0, 0.1) is 14.9 Å². The van der Waals surface area contributed by atoms with Crippen molar-refractivity contribution >= 4 is 28.6 Å². The van der Waals surface area contributed by atoms with Gasteiger partial charge in [0.2, 0.25) is 0 Å². The first-order valence-electron chi connectivity index (χ1n) is 6.25. The van der Waals surface area contributed by atoms with E-state index in [-0.39, 0.29) is 19.2 Å². The average Bonchev–Trinajstić information content (AvgIpc) is 2.52. The molecule has 0 amide bonds. The molecule has 0 bridgehead atoms. The molecular weight excluding hydrogens is 381 g/mol. The van der Waals surface area contributed by atoms with Crippen molar-refractivity contribution in [3.05, 3.63) is 63.2 Å². The lowest BCUT2D eigenvalue weighted by atomic mass is 10.2. The SMILES string of the molecule is N#Cc1ccc(OCCOC(=O)c2cccc(I)c2)cc1. The summed E-state index contributed by atoms with van der Waals surface area (Å²) < 4.78 is 11.5. The van der Waals surface area contributed by atoms with Gasteiger partial charge in [-0.3, -0.25) is 0 Å². The molecule has 0 unspecified atom stereocenters. The summed E-state index contributed by atoms with van der Waals surface area (Å²) in [5, 5.41) is 8.68. The molecule has 0 N–H and O–H groups in total. The first kappa shape index (κ1) is 15.3. The van der Waals surface area contributed by atoms with Crippen LogP contribution in [-0.2, 0) is 4.74 Å². The maximum atomic E-state index is 11.8. The number of halogens is 1. The van der Waals surface area contributed by atoms with Crippen molar-refractivity contribution in [2.45, 2.75) is 0 Å². The second kappa shape index (κ2) is 7.64. The van der Waals surface area contributed by atoms with Gasteiger partial charge < -0.3 is 9.47 Å². The smallest absolute Gasteiger partial charge is 0.338 e. The van der Waals surface area contributed by atoms with Gasteiger partial charge in [0.15, 0.2) is 0 Å². The first-order chi connectivity index (χ1) is 10.2. The maximum absolute atomic E-state index is 11.8. The van der Waals surface area contributed by atoms with Crippen LogP contribution in [0.5, 0.6) is 5.75 Å². The van der Waals surface area contributed by atoms with Crippen molar-refractivity contribution in [2.24, 2.45) is 0 Å². The van der Waals surface area contributed by atoms with Gasteiger partial charge in [-0.2, -0.15) is 5.26 Å². The number of benzene rings is 2. The number of hydrogen-bond donors (Lipinski definition) is 0. The van der Waals surface area contributed by atoms with Crippen molar-refractivity contribution in [1.29, 1.82) is 5.26 Å². The fourth-order valence-corrected chi connectivity index (χ4v) is 2.16. The van der Waals surface area contributed by atoms with Gasteiger partial charge >= 0.3 is 5.97 Å². The molecule has 0 aliphatic heterocycles. The van der Waals surface area contributed by atoms with Crippen LogP contribution in [0.4, 0.5) is 0 Å². The Bertz CT molecular complexity index is 662. The molecule has 2 aromatic rings. The van der Waals surface area contributed by atoms with Gasteiger partial charge in [0.1, 0.15) is 19.0 Å². The lowest BCUT2D eigenvalue weighted by Gasteiger charge is -2.07. The minimum Gasteiger partial charge on any atom is -0.490 e. The van der Waals surface area contributed by atoms with Crippen LogP contribution in [0.1, 0.15) is 15.9 Å². The van der Waals surface area contributed by atoms with Crippen LogP contribution in [0.25, 0.3) is 0 Å². The van der Waals surface area contributed by atoms with Gasteiger partial charge in [0.25, 0.3) is 0 Å². The van der Waals surface area contributed by atoms with Crippen molar-refractivity contribution < 1.29 is 14.3 Å². The minimum atomic E-state index is -0.364. The molecule has 2 aromatic carbocycles. The largest absolute Gasteiger partial charge is 0.490 e. The first-order valence-corrected chi connectivity index (χ1v) is 7.32. The van der Waals surface area contributed by atoms with Crippen LogP contribution in [0.3, 0.4) is 0 Å². The molecule has 4 nitrogen and oxygen atoms in total. The van der Waals surface area contributed by atoms with Gasteiger partial charge in [-0.15, -0.1) is 0 Å². The normalized spacial score (nSPS) is 9.71. The summed E-state index contributed by atoms with van der Waals surface area (Å²) in [4.78, 5) is 11.8. The third-order valence-corrected chi connectivity index (χ3v) is 3.30. The van der Waals surface area contributed by atoms with E-state index in [1.165, 1.54) is 0 Å². The Labute approximate surface area is 136 Å². The highest BCUT2D eigenvalue weighted by Gasteiger charge is 2.07. The topological polar surface area (TPSA) is 59.3 Å². The lowest BCUT2D eigenvalue weighted by Crippen LogP contribution is -2.12. The zero-order chi connectivity index (χ0) is 15.1. The number of nitrogens with zero attached hydrogens (tertiary/aromatic N) is 1. The molecule has 0 aromatic heterocycles. The number of carbonyl (C=O) groups excluding carboxylic acids is 1. The zero-order valence-corrected chi connectivity index (χ0v) is 13.2. The van der Waals surface area contributed by atoms with Crippen molar-refractivity contribution in [3.8, 4) is 11.8 Å². The number of hydrogen-bond acceptors (Lipinski definition) is 4. The van der Waals surface area contributed by atoms with Crippen LogP contribution in [-0.4, -0.2) is 19.2 Å². The quantitative estimate of drug-likeness (QED) is 0.444. The maximum Gasteiger partial charge on any atom is 0.338 e. The predicted octanol–water partition coefficient (Wildman–Crippen LogP) is 3.40. The summed E-state index contributed by atoms with van der Waals surface area (Å²) >= 11 is 2.14. The molecule has 0 radical (unpaired) electrons. The van der Waals surface area contributed by atoms with Gasteiger partial charge in [-0.25, -0.2) is 4.79 Å². The van der Waals surface area contributed by atoms with E-state index in [4.69, 9.17) is 14.7 Å². The van der Waals surface area contributed by atoms with E-state index in [2.05, 4.69) is 22.6 Å². The standard InChI is InChI=1S/C16H12INO3/c17-14-3-1-2-13(10-14)16(19)21-9-8-20-15-6-4-12(11-18)5-7-15/h1-7,10H,8-9H2. The molecule has 0 saturated heterocycles. The van der Waals surface area contributed by atoms with E-state index in [9.17, 15) is 4.79 Å². The van der Waals surface area contributed by atoms with Crippen LogP contribution in [0.15, 0.2) is 48.5 Å². The Hall–Kier alpha value is -2.07. The predicted molar refractivity (Wildman–Crippen MR) is 86.1 cm³/mol. The van der Waals surface area contributed by atoms with Gasteiger partial charge in [-0.1, -0.05) is 6.07 Å². The highest BCUT2D eigenvalue weighted by atomic mass is 127. The Morgan fingerprint density at radius 3 is 2.57 bits per heavy atom. The van der Waals surface area contributed by atoms with Crippen LogP contribution in [0.2, 0.25) is 0 Å². The number of carbonyl (C=O) groups is 1. The summed E-state index contributed by atoms with van der Waals surface area (Å²) in [5.74, 6) is 0.274. The molecule has 0 aliphatic rings. The van der Waals surface area contributed by atoms with E-state index >= 15 is 0 Å². The Balaban J connectivity index is 1.76. The molecular formula is C16H12INO3. The fourth-order valence-electron chi connectivity index (χ4n) is 1.62. The van der Waals surface area contributed by atoms with Gasteiger partial charge in [-0.05, 0) is 65.1 Å². The van der Waals surface area contributed by atoms with Gasteiger partial charge in [0, 0.05) is 3.57 Å². The minimum absolute atomic E-state index is 0.171. The van der Waals surface area contributed by atoms with Crippen molar-refractivity contribution in [1.82, 2.24) is 0 Å². The third kappa shape index (κ3) is 4.76. The lowest BCUT2D eigenvalue weighted by molar-refractivity contribution is 0.0450. The molecule has 106 valence electrons. The molecule has 0 heterocycles. The molecule has 5 heteroatoms. The number of esters is 1. The molecule has 21 heavy (non-hydrogen) atoms. The highest BCUT2D eigenvalue weighted by Crippen LogP contribution is 2.12. The van der Waals surface area contributed by atoms with Crippen LogP contribution < -0.4 is 4.74 Å². The highest BCUT2D eigenvalue weighted by molar-refractivity contribution is 14.1. The molecule has 2 rings (SSSR count). The van der Waals surface area contributed by atoms with E-state index in [0.717, 1.165) is 3.57 Å². The van der Waals surface area contributed by atoms with E-state index in [0.29, 0.717) is 16.9 Å². The third-order valence-electron chi connectivity index (χ3n) is 2.63. The summed E-state index contributed by atoms with van der Waals surface area (Å²) in [6.07, 6.45) is 0. The zero-order valence-electron chi connectivity index (χ0n) is 11.1. The van der Waals surface area contributed by atoms with E-state index in [1.54, 1.807) is 36.4 Å². The van der Waals surface area contributed by atoms with Gasteiger partial charge in [0.05, 0.1) is 17.2 Å². The summed E-state index contributed by atoms with van der Waals surface area (Å²) in [7, 11) is 0.